The van der Waals surface area contributed by atoms with Crippen molar-refractivity contribution in [3.63, 3.8) is 0 Å². The molecule has 0 atom stereocenters. The van der Waals surface area contributed by atoms with Crippen molar-refractivity contribution >= 4 is 38.2 Å². The summed E-state index contributed by atoms with van der Waals surface area (Å²) in [6.07, 6.45) is 0.589. The summed E-state index contributed by atoms with van der Waals surface area (Å²) >= 11 is 4.99. The normalized spacial score (nSPS) is 16.8. The Labute approximate surface area is 120 Å². The SMILES string of the molecule is CN(C(=O)CCN1CCNCC1)c1cc(Br)cs1. The van der Waals surface area contributed by atoms with E-state index in [1.54, 1.807) is 16.2 Å². The highest BCUT2D eigenvalue weighted by molar-refractivity contribution is 9.10. The smallest absolute Gasteiger partial charge is 0.228 e. The second-order valence-electron chi connectivity index (χ2n) is 4.40. The molecule has 0 spiro atoms. The number of carbonyl (C=O) groups excluding carboxylic acids is 1. The van der Waals surface area contributed by atoms with Gasteiger partial charge in [0.25, 0.3) is 0 Å². The van der Waals surface area contributed by atoms with E-state index in [0.717, 1.165) is 42.2 Å². The molecule has 1 aliphatic rings. The predicted octanol–water partition coefficient (Wildman–Crippen LogP) is 1.77. The summed E-state index contributed by atoms with van der Waals surface area (Å²) in [6, 6.07) is 1.98. The zero-order chi connectivity index (χ0) is 13.0. The lowest BCUT2D eigenvalue weighted by molar-refractivity contribution is -0.118. The Hall–Kier alpha value is -0.430. The van der Waals surface area contributed by atoms with Gasteiger partial charge in [-0.2, -0.15) is 0 Å². The molecule has 0 radical (unpaired) electrons. The Bertz CT molecular complexity index is 404. The molecule has 0 aliphatic carbocycles. The molecular formula is C12H18BrN3OS. The van der Waals surface area contributed by atoms with Gasteiger partial charge in [-0.05, 0) is 22.0 Å². The molecule has 2 heterocycles. The number of nitrogens with zero attached hydrogens (tertiary/aromatic N) is 2. The molecule has 0 bridgehead atoms. The maximum Gasteiger partial charge on any atom is 0.228 e. The van der Waals surface area contributed by atoms with Gasteiger partial charge in [-0.15, -0.1) is 11.3 Å². The van der Waals surface area contributed by atoms with Crippen LogP contribution in [0.2, 0.25) is 0 Å². The number of carbonyl (C=O) groups is 1. The van der Waals surface area contributed by atoms with E-state index in [2.05, 4.69) is 26.1 Å². The van der Waals surface area contributed by atoms with Gasteiger partial charge < -0.3 is 15.1 Å². The van der Waals surface area contributed by atoms with Gasteiger partial charge in [-0.25, -0.2) is 0 Å². The third kappa shape index (κ3) is 3.78. The maximum atomic E-state index is 12.1. The minimum atomic E-state index is 0.183. The fourth-order valence-corrected chi connectivity index (χ4v) is 3.36. The lowest BCUT2D eigenvalue weighted by Crippen LogP contribution is -2.44. The van der Waals surface area contributed by atoms with Crippen LogP contribution in [0.25, 0.3) is 0 Å². The first-order valence-corrected chi connectivity index (χ1v) is 7.78. The van der Waals surface area contributed by atoms with E-state index in [4.69, 9.17) is 0 Å². The van der Waals surface area contributed by atoms with Crippen molar-refractivity contribution in [1.29, 1.82) is 0 Å². The molecule has 1 N–H and O–H groups in total. The molecule has 0 saturated carbocycles. The third-order valence-corrected chi connectivity index (χ3v) is 4.88. The Kier molecular flexibility index (Phi) is 5.17. The van der Waals surface area contributed by atoms with Crippen molar-refractivity contribution in [2.45, 2.75) is 6.42 Å². The number of nitrogens with one attached hydrogen (secondary N) is 1. The van der Waals surface area contributed by atoms with Crippen LogP contribution < -0.4 is 10.2 Å². The first kappa shape index (κ1) is 14.0. The van der Waals surface area contributed by atoms with Gasteiger partial charge in [0.15, 0.2) is 0 Å². The van der Waals surface area contributed by atoms with E-state index in [-0.39, 0.29) is 5.91 Å². The average molecular weight is 332 g/mol. The molecule has 1 aromatic heterocycles. The van der Waals surface area contributed by atoms with Crippen LogP contribution >= 0.6 is 27.3 Å². The van der Waals surface area contributed by atoms with Crippen LogP contribution in [-0.2, 0) is 4.79 Å². The van der Waals surface area contributed by atoms with E-state index >= 15 is 0 Å². The highest BCUT2D eigenvalue weighted by Crippen LogP contribution is 2.27. The Morgan fingerprint density at radius 3 is 2.89 bits per heavy atom. The zero-order valence-electron chi connectivity index (χ0n) is 10.5. The summed E-state index contributed by atoms with van der Waals surface area (Å²) in [7, 11) is 1.85. The fourth-order valence-electron chi connectivity index (χ4n) is 1.96. The van der Waals surface area contributed by atoms with Crippen LogP contribution in [0.3, 0.4) is 0 Å². The number of hydrogen-bond acceptors (Lipinski definition) is 4. The lowest BCUT2D eigenvalue weighted by Gasteiger charge is -2.27. The number of anilines is 1. The van der Waals surface area contributed by atoms with Gasteiger partial charge in [-0.3, -0.25) is 4.79 Å². The summed E-state index contributed by atoms with van der Waals surface area (Å²) in [4.78, 5) is 16.2. The van der Waals surface area contributed by atoms with Gasteiger partial charge >= 0.3 is 0 Å². The molecule has 1 aromatic rings. The quantitative estimate of drug-likeness (QED) is 0.913. The molecule has 0 aromatic carbocycles. The second-order valence-corrected chi connectivity index (χ2v) is 6.20. The maximum absolute atomic E-state index is 12.1. The van der Waals surface area contributed by atoms with Crippen molar-refractivity contribution in [3.8, 4) is 0 Å². The summed E-state index contributed by atoms with van der Waals surface area (Å²) in [5, 5.41) is 6.30. The van der Waals surface area contributed by atoms with Crippen LogP contribution in [-0.4, -0.2) is 50.6 Å². The fraction of sp³-hybridized carbons (Fsp3) is 0.583. The molecule has 1 saturated heterocycles. The van der Waals surface area contributed by atoms with E-state index in [1.165, 1.54) is 0 Å². The molecule has 2 rings (SSSR count). The number of rotatable bonds is 4. The minimum absolute atomic E-state index is 0.183. The molecular weight excluding hydrogens is 314 g/mol. The Morgan fingerprint density at radius 1 is 1.56 bits per heavy atom. The first-order chi connectivity index (χ1) is 8.66. The highest BCUT2D eigenvalue weighted by atomic mass is 79.9. The standard InChI is InChI=1S/C12H18BrN3OS/c1-15(12-8-10(13)9-18-12)11(17)2-5-16-6-3-14-4-7-16/h8-9,14H,2-7H2,1H3. The summed E-state index contributed by atoms with van der Waals surface area (Å²) in [5.74, 6) is 0.183. The van der Waals surface area contributed by atoms with Gasteiger partial charge in [-0.1, -0.05) is 0 Å². The molecule has 0 unspecified atom stereocenters. The van der Waals surface area contributed by atoms with Gasteiger partial charge in [0, 0.05) is 56.0 Å². The second kappa shape index (κ2) is 6.65. The van der Waals surface area contributed by atoms with Crippen molar-refractivity contribution < 1.29 is 4.79 Å². The van der Waals surface area contributed by atoms with Crippen LogP contribution in [0.1, 0.15) is 6.42 Å². The van der Waals surface area contributed by atoms with Gasteiger partial charge in [0.1, 0.15) is 0 Å². The largest absolute Gasteiger partial charge is 0.314 e. The number of piperazine rings is 1. The number of amides is 1. The molecule has 6 heteroatoms. The Morgan fingerprint density at radius 2 is 2.28 bits per heavy atom. The van der Waals surface area contributed by atoms with Crippen molar-refractivity contribution in [2.24, 2.45) is 0 Å². The van der Waals surface area contributed by atoms with Crippen molar-refractivity contribution in [2.75, 3.05) is 44.7 Å². The van der Waals surface area contributed by atoms with Crippen LogP contribution in [0, 0.1) is 0 Å². The molecule has 100 valence electrons. The molecule has 18 heavy (non-hydrogen) atoms. The predicted molar refractivity (Wildman–Crippen MR) is 79.4 cm³/mol. The molecule has 1 amide bonds. The molecule has 1 fully saturated rings. The summed E-state index contributed by atoms with van der Waals surface area (Å²) in [6.45, 7) is 5.00. The number of hydrogen-bond donors (Lipinski definition) is 1. The first-order valence-electron chi connectivity index (χ1n) is 6.10. The van der Waals surface area contributed by atoms with E-state index in [0.29, 0.717) is 6.42 Å². The number of thiophene rings is 1. The van der Waals surface area contributed by atoms with E-state index in [9.17, 15) is 4.79 Å². The Balaban J connectivity index is 1.80. The monoisotopic (exact) mass is 331 g/mol. The van der Waals surface area contributed by atoms with Crippen LogP contribution in [0.4, 0.5) is 5.00 Å². The molecule has 1 aliphatic heterocycles. The summed E-state index contributed by atoms with van der Waals surface area (Å²) < 4.78 is 1.03. The lowest BCUT2D eigenvalue weighted by atomic mass is 10.3. The van der Waals surface area contributed by atoms with Gasteiger partial charge in [0.05, 0.1) is 5.00 Å². The van der Waals surface area contributed by atoms with Gasteiger partial charge in [0.2, 0.25) is 5.91 Å². The van der Waals surface area contributed by atoms with Crippen LogP contribution in [0.5, 0.6) is 0 Å². The molecule has 4 nitrogen and oxygen atoms in total. The van der Waals surface area contributed by atoms with Crippen LogP contribution in [0.15, 0.2) is 15.9 Å². The average Bonchev–Trinajstić information content (AvgIpc) is 2.83. The highest BCUT2D eigenvalue weighted by Gasteiger charge is 2.15. The summed E-state index contributed by atoms with van der Waals surface area (Å²) in [5.41, 5.74) is 0. The number of halogens is 1. The minimum Gasteiger partial charge on any atom is -0.314 e. The topological polar surface area (TPSA) is 35.6 Å². The van der Waals surface area contributed by atoms with Crippen molar-refractivity contribution in [3.05, 3.63) is 15.9 Å². The van der Waals surface area contributed by atoms with Crippen molar-refractivity contribution in [1.82, 2.24) is 10.2 Å². The van der Waals surface area contributed by atoms with E-state index in [1.807, 2.05) is 18.5 Å². The zero-order valence-corrected chi connectivity index (χ0v) is 12.9. The van der Waals surface area contributed by atoms with E-state index < -0.39 is 0 Å². The third-order valence-electron chi connectivity index (χ3n) is 3.11.